The monoisotopic (exact) mass is 359 g/mol. The third kappa shape index (κ3) is 3.31. The van der Waals surface area contributed by atoms with Gasteiger partial charge in [-0.2, -0.15) is 0 Å². The fraction of sp³-hybridized carbons (Fsp3) is 0.0909. The topological polar surface area (TPSA) is 58.0 Å². The van der Waals surface area contributed by atoms with Gasteiger partial charge in [-0.3, -0.25) is 4.98 Å². The highest BCUT2D eigenvalue weighted by molar-refractivity contribution is 5.86. The molecule has 134 valence electrons. The number of aromatic nitrogens is 2. The predicted octanol–water partition coefficient (Wildman–Crippen LogP) is 4.98. The molecule has 0 amide bonds. The first-order chi connectivity index (χ1) is 13.1. The van der Waals surface area contributed by atoms with Crippen LogP contribution in [0.25, 0.3) is 10.9 Å². The summed E-state index contributed by atoms with van der Waals surface area (Å²) in [6.45, 7) is 1.89. The van der Waals surface area contributed by atoms with Gasteiger partial charge in [-0.15, -0.1) is 0 Å². The Balaban J connectivity index is 1.88. The van der Waals surface area contributed by atoms with E-state index in [2.05, 4.69) is 15.3 Å². The van der Waals surface area contributed by atoms with Crippen molar-refractivity contribution in [2.45, 2.75) is 13.0 Å². The second-order valence-corrected chi connectivity index (χ2v) is 6.34. The lowest BCUT2D eigenvalue weighted by Crippen LogP contribution is -2.15. The van der Waals surface area contributed by atoms with Crippen molar-refractivity contribution in [2.75, 3.05) is 5.32 Å². The van der Waals surface area contributed by atoms with E-state index in [0.29, 0.717) is 22.5 Å². The van der Waals surface area contributed by atoms with Gasteiger partial charge in [0.1, 0.15) is 22.9 Å². The summed E-state index contributed by atoms with van der Waals surface area (Å²) in [4.78, 5) is 8.73. The van der Waals surface area contributed by atoms with Crippen LogP contribution in [0.1, 0.15) is 22.9 Å². The summed E-state index contributed by atoms with van der Waals surface area (Å²) in [7, 11) is 0. The molecule has 0 aliphatic carbocycles. The Morgan fingerprint density at radius 3 is 2.59 bits per heavy atom. The molecule has 5 heteroatoms. The Labute approximate surface area is 156 Å². The molecule has 0 bridgehead atoms. The van der Waals surface area contributed by atoms with Crippen molar-refractivity contribution in [3.63, 3.8) is 0 Å². The highest BCUT2D eigenvalue weighted by Gasteiger charge is 2.22. The second kappa shape index (κ2) is 7.03. The zero-order valence-corrected chi connectivity index (χ0v) is 14.7. The van der Waals surface area contributed by atoms with Crippen LogP contribution in [0.4, 0.5) is 10.2 Å². The number of benzene rings is 2. The van der Waals surface area contributed by atoms with Gasteiger partial charge >= 0.3 is 0 Å². The number of phenols is 1. The molecular weight excluding hydrogens is 341 g/mol. The average molecular weight is 359 g/mol. The van der Waals surface area contributed by atoms with Crippen LogP contribution in [0.3, 0.4) is 0 Å². The molecule has 0 saturated heterocycles. The number of aromatic hydroxyl groups is 1. The number of nitrogens with one attached hydrogen (secondary N) is 1. The normalized spacial score (nSPS) is 12.1. The van der Waals surface area contributed by atoms with E-state index in [4.69, 9.17) is 0 Å². The van der Waals surface area contributed by atoms with E-state index < -0.39 is 6.04 Å². The summed E-state index contributed by atoms with van der Waals surface area (Å²) in [6, 6.07) is 18.8. The van der Waals surface area contributed by atoms with Crippen LogP contribution in [0.2, 0.25) is 0 Å². The number of hydrogen-bond acceptors (Lipinski definition) is 4. The lowest BCUT2D eigenvalue weighted by atomic mass is 9.96. The highest BCUT2D eigenvalue weighted by atomic mass is 19.1. The van der Waals surface area contributed by atoms with Gasteiger partial charge in [-0.05, 0) is 31.2 Å². The summed E-state index contributed by atoms with van der Waals surface area (Å²) < 4.78 is 14.6. The molecule has 2 heterocycles. The molecule has 0 radical (unpaired) electrons. The molecule has 2 aromatic heterocycles. The lowest BCUT2D eigenvalue weighted by molar-refractivity contribution is 0.470. The molecule has 1 atom stereocenters. The van der Waals surface area contributed by atoms with Crippen molar-refractivity contribution in [2.24, 2.45) is 0 Å². The third-order valence-corrected chi connectivity index (χ3v) is 4.49. The molecule has 0 unspecified atom stereocenters. The molecule has 4 rings (SSSR count). The van der Waals surface area contributed by atoms with Gasteiger partial charge in [-0.1, -0.05) is 42.5 Å². The Hall–Kier alpha value is -3.47. The first kappa shape index (κ1) is 17.0. The molecule has 0 aliphatic heterocycles. The van der Waals surface area contributed by atoms with Gasteiger partial charge in [-0.25, -0.2) is 9.37 Å². The van der Waals surface area contributed by atoms with Crippen molar-refractivity contribution < 1.29 is 9.50 Å². The molecule has 0 spiro atoms. The first-order valence-corrected chi connectivity index (χ1v) is 8.65. The standard InChI is InChI=1S/C22H18FN3O/c1-14-6-4-10-19(25-14)26-21(16-8-2-3-9-18(16)23)17-12-11-15-7-5-13-24-20(15)22(17)27/h2-13,21,27H,1H3,(H,25,26)/t21-/m1/s1. The quantitative estimate of drug-likeness (QED) is 0.539. The predicted molar refractivity (Wildman–Crippen MR) is 104 cm³/mol. The number of fused-ring (bicyclic) bond motifs is 1. The Morgan fingerprint density at radius 2 is 1.78 bits per heavy atom. The molecule has 4 nitrogen and oxygen atoms in total. The van der Waals surface area contributed by atoms with E-state index >= 15 is 0 Å². The molecule has 27 heavy (non-hydrogen) atoms. The number of nitrogens with zero attached hydrogens (tertiary/aromatic N) is 2. The number of halogens is 1. The van der Waals surface area contributed by atoms with E-state index in [0.717, 1.165) is 11.1 Å². The number of pyridine rings is 2. The van der Waals surface area contributed by atoms with Crippen molar-refractivity contribution >= 4 is 16.7 Å². The summed E-state index contributed by atoms with van der Waals surface area (Å²) in [5.41, 5.74) is 2.29. The summed E-state index contributed by atoms with van der Waals surface area (Å²) in [5.74, 6) is 0.272. The molecule has 2 aromatic carbocycles. The fourth-order valence-corrected chi connectivity index (χ4v) is 3.18. The zero-order chi connectivity index (χ0) is 18.8. The molecule has 0 saturated carbocycles. The maximum Gasteiger partial charge on any atom is 0.147 e. The fourth-order valence-electron chi connectivity index (χ4n) is 3.18. The lowest BCUT2D eigenvalue weighted by Gasteiger charge is -2.22. The zero-order valence-electron chi connectivity index (χ0n) is 14.7. The van der Waals surface area contributed by atoms with Gasteiger partial charge in [0.2, 0.25) is 0 Å². The maximum absolute atomic E-state index is 14.6. The number of rotatable bonds is 4. The maximum atomic E-state index is 14.6. The van der Waals surface area contributed by atoms with Gasteiger partial charge in [0.05, 0.1) is 6.04 Å². The summed E-state index contributed by atoms with van der Waals surface area (Å²) >= 11 is 0. The minimum Gasteiger partial charge on any atom is -0.505 e. The van der Waals surface area contributed by atoms with Crippen molar-refractivity contribution in [3.8, 4) is 5.75 Å². The third-order valence-electron chi connectivity index (χ3n) is 4.49. The first-order valence-electron chi connectivity index (χ1n) is 8.65. The van der Waals surface area contributed by atoms with Crippen molar-refractivity contribution in [3.05, 3.63) is 95.6 Å². The highest BCUT2D eigenvalue weighted by Crippen LogP contribution is 2.36. The minimum atomic E-state index is -0.619. The van der Waals surface area contributed by atoms with E-state index in [1.165, 1.54) is 6.07 Å². The van der Waals surface area contributed by atoms with Crippen LogP contribution in [-0.4, -0.2) is 15.1 Å². The SMILES string of the molecule is Cc1cccc(N[C@H](c2ccccc2F)c2ccc3cccnc3c2O)n1. The Morgan fingerprint density at radius 1 is 0.926 bits per heavy atom. The molecule has 2 N–H and O–H groups in total. The van der Waals surface area contributed by atoms with Crippen LogP contribution in [0, 0.1) is 12.7 Å². The average Bonchev–Trinajstić information content (AvgIpc) is 2.68. The second-order valence-electron chi connectivity index (χ2n) is 6.34. The van der Waals surface area contributed by atoms with Gasteiger partial charge in [0, 0.05) is 28.4 Å². The molecule has 4 aromatic rings. The smallest absolute Gasteiger partial charge is 0.147 e. The number of anilines is 1. The van der Waals surface area contributed by atoms with Crippen molar-refractivity contribution in [1.82, 2.24) is 9.97 Å². The molecule has 0 aliphatic rings. The summed E-state index contributed by atoms with van der Waals surface area (Å²) in [6.07, 6.45) is 1.62. The van der Waals surface area contributed by atoms with E-state index in [9.17, 15) is 9.50 Å². The minimum absolute atomic E-state index is 0.0292. The summed E-state index contributed by atoms with van der Waals surface area (Å²) in [5, 5.41) is 14.9. The van der Waals surface area contributed by atoms with E-state index in [1.807, 2.05) is 43.3 Å². The number of hydrogen-bond donors (Lipinski definition) is 2. The number of phenolic OH excluding ortho intramolecular Hbond substituents is 1. The van der Waals surface area contributed by atoms with E-state index in [1.54, 1.807) is 30.5 Å². The Kier molecular flexibility index (Phi) is 4.42. The van der Waals surface area contributed by atoms with Crippen LogP contribution in [-0.2, 0) is 0 Å². The van der Waals surface area contributed by atoms with Crippen LogP contribution < -0.4 is 5.32 Å². The van der Waals surface area contributed by atoms with Gasteiger partial charge in [0.25, 0.3) is 0 Å². The van der Waals surface area contributed by atoms with Crippen LogP contribution in [0.5, 0.6) is 5.75 Å². The number of aryl methyl sites for hydroxylation is 1. The van der Waals surface area contributed by atoms with Gasteiger partial charge in [0.15, 0.2) is 0 Å². The molecular formula is C22H18FN3O. The Bertz CT molecular complexity index is 1110. The van der Waals surface area contributed by atoms with Crippen LogP contribution >= 0.6 is 0 Å². The van der Waals surface area contributed by atoms with Crippen LogP contribution in [0.15, 0.2) is 72.9 Å². The molecule has 0 fully saturated rings. The van der Waals surface area contributed by atoms with Crippen molar-refractivity contribution in [1.29, 1.82) is 0 Å². The van der Waals surface area contributed by atoms with E-state index in [-0.39, 0.29) is 11.6 Å². The van der Waals surface area contributed by atoms with Gasteiger partial charge < -0.3 is 10.4 Å². The largest absolute Gasteiger partial charge is 0.505 e.